The molecule has 0 aliphatic heterocycles. The Morgan fingerprint density at radius 2 is 2.14 bits per heavy atom. The topological polar surface area (TPSA) is 43.8 Å². The largest absolute Gasteiger partial charge is 0.330 e. The second-order valence-electron chi connectivity index (χ2n) is 5.11. The van der Waals surface area contributed by atoms with Gasteiger partial charge in [0.2, 0.25) is 0 Å². The van der Waals surface area contributed by atoms with Crippen LogP contribution in [0.25, 0.3) is 0 Å². The molecule has 0 saturated heterocycles. The molecule has 3 nitrogen and oxygen atoms in total. The van der Waals surface area contributed by atoms with Crippen molar-refractivity contribution in [3.05, 3.63) is 17.5 Å². The monoisotopic (exact) mass is 193 g/mol. The zero-order chi connectivity index (χ0) is 10.6. The SMILES string of the molecule is Cc1c(C2(CN)CC2(C)C)cnn1C. The van der Waals surface area contributed by atoms with Crippen LogP contribution in [0.2, 0.25) is 0 Å². The fourth-order valence-corrected chi connectivity index (χ4v) is 2.60. The number of rotatable bonds is 2. The van der Waals surface area contributed by atoms with E-state index in [0.717, 1.165) is 6.54 Å². The van der Waals surface area contributed by atoms with Gasteiger partial charge < -0.3 is 5.73 Å². The highest BCUT2D eigenvalue weighted by atomic mass is 15.3. The van der Waals surface area contributed by atoms with E-state index in [0.29, 0.717) is 5.41 Å². The van der Waals surface area contributed by atoms with Crippen LogP contribution in [0.3, 0.4) is 0 Å². The molecule has 1 unspecified atom stereocenters. The van der Waals surface area contributed by atoms with Gasteiger partial charge in [-0.1, -0.05) is 13.8 Å². The molecule has 1 heterocycles. The van der Waals surface area contributed by atoms with Crippen LogP contribution in [0.4, 0.5) is 0 Å². The summed E-state index contributed by atoms with van der Waals surface area (Å²) >= 11 is 0. The van der Waals surface area contributed by atoms with Crippen LogP contribution in [0.5, 0.6) is 0 Å². The maximum Gasteiger partial charge on any atom is 0.0530 e. The molecule has 0 radical (unpaired) electrons. The van der Waals surface area contributed by atoms with Crippen LogP contribution >= 0.6 is 0 Å². The second-order valence-corrected chi connectivity index (χ2v) is 5.11. The zero-order valence-electron chi connectivity index (χ0n) is 9.46. The van der Waals surface area contributed by atoms with Gasteiger partial charge in [-0.05, 0) is 18.8 Å². The van der Waals surface area contributed by atoms with E-state index < -0.39 is 0 Å². The number of hydrogen-bond acceptors (Lipinski definition) is 2. The number of hydrogen-bond donors (Lipinski definition) is 1. The lowest BCUT2D eigenvalue weighted by molar-refractivity contribution is 0.500. The van der Waals surface area contributed by atoms with Gasteiger partial charge >= 0.3 is 0 Å². The molecule has 14 heavy (non-hydrogen) atoms. The minimum absolute atomic E-state index is 0.186. The Morgan fingerprint density at radius 3 is 2.43 bits per heavy atom. The third kappa shape index (κ3) is 0.989. The summed E-state index contributed by atoms with van der Waals surface area (Å²) in [4.78, 5) is 0. The molecule has 1 saturated carbocycles. The average Bonchev–Trinajstić information content (AvgIpc) is 2.53. The quantitative estimate of drug-likeness (QED) is 0.770. The summed E-state index contributed by atoms with van der Waals surface area (Å²) < 4.78 is 1.93. The van der Waals surface area contributed by atoms with E-state index in [1.165, 1.54) is 17.7 Å². The Labute approximate surface area is 85.3 Å². The standard InChI is InChI=1S/C11H19N3/c1-8-9(5-13-14(8)4)11(7-12)6-10(11,2)3/h5H,6-7,12H2,1-4H3. The molecule has 1 aromatic rings. The Kier molecular flexibility index (Phi) is 1.80. The fourth-order valence-electron chi connectivity index (χ4n) is 2.60. The van der Waals surface area contributed by atoms with E-state index in [1.54, 1.807) is 0 Å². The molecule has 0 spiro atoms. The molecular formula is C11H19N3. The fraction of sp³-hybridized carbons (Fsp3) is 0.727. The third-order valence-electron chi connectivity index (χ3n) is 4.01. The van der Waals surface area contributed by atoms with Gasteiger partial charge in [-0.2, -0.15) is 5.10 Å². The van der Waals surface area contributed by atoms with E-state index in [-0.39, 0.29) is 5.41 Å². The molecule has 1 atom stereocenters. The zero-order valence-corrected chi connectivity index (χ0v) is 9.46. The summed E-state index contributed by atoms with van der Waals surface area (Å²) in [7, 11) is 1.98. The molecule has 0 bridgehead atoms. The average molecular weight is 193 g/mol. The maximum atomic E-state index is 5.92. The Bertz CT molecular complexity index is 365. The van der Waals surface area contributed by atoms with Crippen molar-refractivity contribution in [2.75, 3.05) is 6.54 Å². The third-order valence-corrected chi connectivity index (χ3v) is 4.01. The summed E-state index contributed by atoms with van der Waals surface area (Å²) in [5.41, 5.74) is 9.04. The van der Waals surface area contributed by atoms with Crippen molar-refractivity contribution in [3.8, 4) is 0 Å². The van der Waals surface area contributed by atoms with E-state index in [4.69, 9.17) is 5.73 Å². The molecule has 2 rings (SSSR count). The molecule has 78 valence electrons. The van der Waals surface area contributed by atoms with Crippen LogP contribution in [-0.4, -0.2) is 16.3 Å². The minimum atomic E-state index is 0.186. The molecule has 0 aromatic carbocycles. The van der Waals surface area contributed by atoms with Gasteiger partial charge in [-0.15, -0.1) is 0 Å². The molecule has 1 aliphatic carbocycles. The summed E-state index contributed by atoms with van der Waals surface area (Å²) in [6.07, 6.45) is 3.17. The predicted octanol–water partition coefficient (Wildman–Crippen LogP) is 1.35. The van der Waals surface area contributed by atoms with Crippen molar-refractivity contribution >= 4 is 0 Å². The van der Waals surface area contributed by atoms with Crippen LogP contribution in [0.15, 0.2) is 6.20 Å². The summed E-state index contributed by atoms with van der Waals surface area (Å²) in [5, 5.41) is 4.30. The highest BCUT2D eigenvalue weighted by Crippen LogP contribution is 2.64. The summed E-state index contributed by atoms with van der Waals surface area (Å²) in [5.74, 6) is 0. The molecular weight excluding hydrogens is 174 g/mol. The van der Waals surface area contributed by atoms with Crippen molar-refractivity contribution in [2.45, 2.75) is 32.6 Å². The minimum Gasteiger partial charge on any atom is -0.330 e. The highest BCUT2D eigenvalue weighted by molar-refractivity contribution is 5.39. The van der Waals surface area contributed by atoms with Crippen molar-refractivity contribution < 1.29 is 0 Å². The number of aryl methyl sites for hydroxylation is 1. The van der Waals surface area contributed by atoms with Gasteiger partial charge in [0.15, 0.2) is 0 Å². The van der Waals surface area contributed by atoms with E-state index >= 15 is 0 Å². The van der Waals surface area contributed by atoms with Gasteiger partial charge in [-0.25, -0.2) is 0 Å². The van der Waals surface area contributed by atoms with Gasteiger partial charge in [0.25, 0.3) is 0 Å². The Balaban J connectivity index is 2.45. The van der Waals surface area contributed by atoms with Crippen LogP contribution in [0.1, 0.15) is 31.5 Å². The van der Waals surface area contributed by atoms with Gasteiger partial charge in [0, 0.05) is 30.3 Å². The van der Waals surface area contributed by atoms with Gasteiger partial charge in [0.1, 0.15) is 0 Å². The Morgan fingerprint density at radius 1 is 1.57 bits per heavy atom. The normalized spacial score (nSPS) is 29.2. The first-order valence-corrected chi connectivity index (χ1v) is 5.14. The first-order valence-electron chi connectivity index (χ1n) is 5.14. The maximum absolute atomic E-state index is 5.92. The lowest BCUT2D eigenvalue weighted by atomic mass is 9.88. The first-order chi connectivity index (χ1) is 6.44. The summed E-state index contributed by atoms with van der Waals surface area (Å²) in [6.45, 7) is 7.42. The van der Waals surface area contributed by atoms with E-state index in [2.05, 4.69) is 25.9 Å². The molecule has 3 heteroatoms. The van der Waals surface area contributed by atoms with Crippen molar-refractivity contribution in [1.82, 2.24) is 9.78 Å². The van der Waals surface area contributed by atoms with Crippen LogP contribution < -0.4 is 5.73 Å². The molecule has 0 amide bonds. The van der Waals surface area contributed by atoms with Crippen LogP contribution in [-0.2, 0) is 12.5 Å². The Hall–Kier alpha value is -0.830. The van der Waals surface area contributed by atoms with Crippen molar-refractivity contribution in [3.63, 3.8) is 0 Å². The second kappa shape index (κ2) is 2.60. The lowest BCUT2D eigenvalue weighted by Gasteiger charge is -2.18. The molecule has 1 aliphatic rings. The van der Waals surface area contributed by atoms with E-state index in [9.17, 15) is 0 Å². The number of nitrogens with two attached hydrogens (primary N) is 1. The van der Waals surface area contributed by atoms with E-state index in [1.807, 2.05) is 17.9 Å². The van der Waals surface area contributed by atoms with Crippen LogP contribution in [0, 0.1) is 12.3 Å². The van der Waals surface area contributed by atoms with Crippen molar-refractivity contribution in [2.24, 2.45) is 18.2 Å². The molecule has 2 N–H and O–H groups in total. The number of aromatic nitrogens is 2. The molecule has 1 fully saturated rings. The summed E-state index contributed by atoms with van der Waals surface area (Å²) in [6, 6.07) is 0. The smallest absolute Gasteiger partial charge is 0.0530 e. The lowest BCUT2D eigenvalue weighted by Crippen LogP contribution is -2.25. The first kappa shape index (κ1) is 9.71. The highest BCUT2D eigenvalue weighted by Gasteiger charge is 2.62. The van der Waals surface area contributed by atoms with Gasteiger partial charge in [0.05, 0.1) is 6.20 Å². The number of nitrogens with zero attached hydrogens (tertiary/aromatic N) is 2. The molecule has 1 aromatic heterocycles. The van der Waals surface area contributed by atoms with Gasteiger partial charge in [-0.3, -0.25) is 4.68 Å². The van der Waals surface area contributed by atoms with Crippen molar-refractivity contribution in [1.29, 1.82) is 0 Å². The predicted molar refractivity (Wildman–Crippen MR) is 57.1 cm³/mol.